The van der Waals surface area contributed by atoms with Crippen LogP contribution in [0.4, 0.5) is 5.69 Å². The summed E-state index contributed by atoms with van der Waals surface area (Å²) in [4.78, 5) is 2.30. The predicted octanol–water partition coefficient (Wildman–Crippen LogP) is 3.06. The molecule has 0 radical (unpaired) electrons. The van der Waals surface area contributed by atoms with Crippen molar-refractivity contribution in [1.29, 1.82) is 0 Å². The van der Waals surface area contributed by atoms with Crippen LogP contribution in [-0.2, 0) is 0 Å². The Morgan fingerprint density at radius 1 is 1.29 bits per heavy atom. The first-order chi connectivity index (χ1) is 6.65. The fourth-order valence-electron chi connectivity index (χ4n) is 1.66. The van der Waals surface area contributed by atoms with Gasteiger partial charge in [0.25, 0.3) is 0 Å². The van der Waals surface area contributed by atoms with E-state index in [0.717, 1.165) is 18.7 Å². The van der Waals surface area contributed by atoms with Gasteiger partial charge in [0.1, 0.15) is 0 Å². The Morgan fingerprint density at radius 3 is 2.57 bits per heavy atom. The van der Waals surface area contributed by atoms with Crippen LogP contribution in [0.1, 0.15) is 17.5 Å². The van der Waals surface area contributed by atoms with Crippen LogP contribution in [0, 0.1) is 13.8 Å². The van der Waals surface area contributed by atoms with E-state index in [1.165, 1.54) is 16.8 Å². The molecule has 0 fully saturated rings. The summed E-state index contributed by atoms with van der Waals surface area (Å²) in [7, 11) is 2.14. The van der Waals surface area contributed by atoms with Crippen LogP contribution in [0.15, 0.2) is 18.2 Å². The zero-order valence-corrected chi connectivity index (χ0v) is 10.1. The first-order valence-electron chi connectivity index (χ1n) is 5.04. The van der Waals surface area contributed by atoms with Gasteiger partial charge in [0.2, 0.25) is 0 Å². The molecule has 0 saturated carbocycles. The standard InChI is InChI=1S/C12H19NS/c1-10-5-6-12(11(2)9-10)13(3)7-4-8-14/h5-6,9,14H,4,7-8H2,1-3H3. The highest BCUT2D eigenvalue weighted by Gasteiger charge is 2.03. The van der Waals surface area contributed by atoms with E-state index in [4.69, 9.17) is 0 Å². The van der Waals surface area contributed by atoms with Crippen LogP contribution < -0.4 is 4.90 Å². The smallest absolute Gasteiger partial charge is 0.0393 e. The Labute approximate surface area is 92.5 Å². The fourth-order valence-corrected chi connectivity index (χ4v) is 1.80. The molecule has 1 aromatic carbocycles. The molecule has 0 saturated heterocycles. The van der Waals surface area contributed by atoms with Gasteiger partial charge in [-0.2, -0.15) is 12.6 Å². The van der Waals surface area contributed by atoms with E-state index < -0.39 is 0 Å². The summed E-state index contributed by atoms with van der Waals surface area (Å²) in [5.41, 5.74) is 4.01. The largest absolute Gasteiger partial charge is 0.374 e. The molecule has 1 aromatic rings. The Morgan fingerprint density at radius 2 is 2.00 bits per heavy atom. The number of hydrogen-bond donors (Lipinski definition) is 1. The van der Waals surface area contributed by atoms with Crippen LogP contribution in [0.3, 0.4) is 0 Å². The summed E-state index contributed by atoms with van der Waals surface area (Å²) in [6.07, 6.45) is 1.13. The highest BCUT2D eigenvalue weighted by molar-refractivity contribution is 7.80. The molecule has 1 rings (SSSR count). The number of nitrogens with zero attached hydrogens (tertiary/aromatic N) is 1. The molecule has 0 atom stereocenters. The van der Waals surface area contributed by atoms with Crippen molar-refractivity contribution >= 4 is 18.3 Å². The highest BCUT2D eigenvalue weighted by atomic mass is 32.1. The van der Waals surface area contributed by atoms with Gasteiger partial charge in [-0.3, -0.25) is 0 Å². The van der Waals surface area contributed by atoms with E-state index in [2.05, 4.69) is 56.6 Å². The lowest BCUT2D eigenvalue weighted by molar-refractivity contribution is 0.857. The molecule has 0 bridgehead atoms. The number of thiol groups is 1. The van der Waals surface area contributed by atoms with Gasteiger partial charge in [0, 0.05) is 19.3 Å². The van der Waals surface area contributed by atoms with Gasteiger partial charge in [-0.1, -0.05) is 17.7 Å². The molecule has 0 aliphatic heterocycles. The third-order valence-corrected chi connectivity index (χ3v) is 2.73. The van der Waals surface area contributed by atoms with Crippen LogP contribution >= 0.6 is 12.6 Å². The molecule has 0 amide bonds. The molecular formula is C12H19NS. The van der Waals surface area contributed by atoms with Crippen molar-refractivity contribution in [3.05, 3.63) is 29.3 Å². The summed E-state index contributed by atoms with van der Waals surface area (Å²) >= 11 is 4.22. The van der Waals surface area contributed by atoms with Crippen LogP contribution in [-0.4, -0.2) is 19.3 Å². The van der Waals surface area contributed by atoms with Crippen molar-refractivity contribution in [3.8, 4) is 0 Å². The van der Waals surface area contributed by atoms with Gasteiger partial charge in [0.05, 0.1) is 0 Å². The Balaban J connectivity index is 2.74. The van der Waals surface area contributed by atoms with Gasteiger partial charge in [-0.15, -0.1) is 0 Å². The monoisotopic (exact) mass is 209 g/mol. The summed E-state index contributed by atoms with van der Waals surface area (Å²) in [5.74, 6) is 0.954. The summed E-state index contributed by atoms with van der Waals surface area (Å²) in [6.45, 7) is 5.37. The van der Waals surface area contributed by atoms with E-state index >= 15 is 0 Å². The second-order valence-corrected chi connectivity index (χ2v) is 4.24. The minimum atomic E-state index is 0.954. The third-order valence-electron chi connectivity index (χ3n) is 2.42. The molecule has 0 aromatic heterocycles. The number of rotatable bonds is 4. The predicted molar refractivity (Wildman–Crippen MR) is 67.7 cm³/mol. The van der Waals surface area contributed by atoms with Gasteiger partial charge in [-0.25, -0.2) is 0 Å². The van der Waals surface area contributed by atoms with Crippen LogP contribution in [0.25, 0.3) is 0 Å². The topological polar surface area (TPSA) is 3.24 Å². The van der Waals surface area contributed by atoms with Gasteiger partial charge < -0.3 is 4.90 Å². The molecule has 0 spiro atoms. The van der Waals surface area contributed by atoms with Crippen molar-refractivity contribution in [2.24, 2.45) is 0 Å². The fraction of sp³-hybridized carbons (Fsp3) is 0.500. The van der Waals surface area contributed by atoms with Gasteiger partial charge in [0.15, 0.2) is 0 Å². The van der Waals surface area contributed by atoms with Crippen molar-refractivity contribution in [2.45, 2.75) is 20.3 Å². The first kappa shape index (κ1) is 11.4. The third kappa shape index (κ3) is 2.95. The summed E-state index contributed by atoms with van der Waals surface area (Å²) in [6, 6.07) is 6.59. The molecule has 2 heteroatoms. The average molecular weight is 209 g/mol. The van der Waals surface area contributed by atoms with E-state index in [1.807, 2.05) is 0 Å². The Hall–Kier alpha value is -0.630. The maximum Gasteiger partial charge on any atom is 0.0393 e. The maximum absolute atomic E-state index is 4.22. The Kier molecular flexibility index (Phi) is 4.33. The van der Waals surface area contributed by atoms with Crippen molar-refractivity contribution in [3.63, 3.8) is 0 Å². The molecule has 78 valence electrons. The quantitative estimate of drug-likeness (QED) is 0.746. The van der Waals surface area contributed by atoms with E-state index in [0.29, 0.717) is 0 Å². The molecule has 0 aliphatic rings. The number of benzene rings is 1. The lowest BCUT2D eigenvalue weighted by Gasteiger charge is -2.21. The molecule has 1 nitrogen and oxygen atoms in total. The zero-order chi connectivity index (χ0) is 10.6. The molecule has 0 unspecified atom stereocenters. The lowest BCUT2D eigenvalue weighted by atomic mass is 10.1. The minimum absolute atomic E-state index is 0.954. The summed E-state index contributed by atoms with van der Waals surface area (Å²) in [5, 5.41) is 0. The normalized spacial score (nSPS) is 10.3. The van der Waals surface area contributed by atoms with Gasteiger partial charge in [-0.05, 0) is 37.7 Å². The molecule has 14 heavy (non-hydrogen) atoms. The van der Waals surface area contributed by atoms with Crippen molar-refractivity contribution in [1.82, 2.24) is 0 Å². The van der Waals surface area contributed by atoms with Crippen LogP contribution in [0.5, 0.6) is 0 Å². The number of anilines is 1. The zero-order valence-electron chi connectivity index (χ0n) is 9.25. The number of aryl methyl sites for hydroxylation is 2. The second kappa shape index (κ2) is 5.30. The summed E-state index contributed by atoms with van der Waals surface area (Å²) < 4.78 is 0. The number of hydrogen-bond acceptors (Lipinski definition) is 2. The van der Waals surface area contributed by atoms with Gasteiger partial charge >= 0.3 is 0 Å². The molecule has 0 N–H and O–H groups in total. The molecule has 0 heterocycles. The van der Waals surface area contributed by atoms with E-state index in [-0.39, 0.29) is 0 Å². The van der Waals surface area contributed by atoms with E-state index in [1.54, 1.807) is 0 Å². The minimum Gasteiger partial charge on any atom is -0.374 e. The van der Waals surface area contributed by atoms with Crippen LogP contribution in [0.2, 0.25) is 0 Å². The molecule has 0 aliphatic carbocycles. The van der Waals surface area contributed by atoms with Crippen molar-refractivity contribution < 1.29 is 0 Å². The first-order valence-corrected chi connectivity index (χ1v) is 5.67. The Bertz CT molecular complexity index is 296. The lowest BCUT2D eigenvalue weighted by Crippen LogP contribution is -2.19. The highest BCUT2D eigenvalue weighted by Crippen LogP contribution is 2.19. The maximum atomic E-state index is 4.22. The molecular weight excluding hydrogens is 190 g/mol. The second-order valence-electron chi connectivity index (χ2n) is 3.79. The van der Waals surface area contributed by atoms with Crippen molar-refractivity contribution in [2.75, 3.05) is 24.2 Å². The SMILES string of the molecule is Cc1ccc(N(C)CCCS)c(C)c1. The average Bonchev–Trinajstić information content (AvgIpc) is 2.14. The van der Waals surface area contributed by atoms with E-state index in [9.17, 15) is 0 Å².